The lowest BCUT2D eigenvalue weighted by molar-refractivity contribution is -0.140. The molecular formula is C22H27ClN2O2. The van der Waals surface area contributed by atoms with Gasteiger partial charge >= 0.3 is 0 Å². The normalized spacial score (nSPS) is 11.7. The standard InChI is InChI=1S/C22H27ClN2O2/c1-5-24-22(27)17(4)25(14-19-7-6-8-20(23)12-19)21(26)13-18-10-9-15(2)16(3)11-18/h6-12,17H,5,13-14H2,1-4H3,(H,24,27)/t17-/m0/s1. The van der Waals surface area contributed by atoms with E-state index >= 15 is 0 Å². The largest absolute Gasteiger partial charge is 0.355 e. The van der Waals surface area contributed by atoms with Crippen molar-refractivity contribution in [1.29, 1.82) is 0 Å². The lowest BCUT2D eigenvalue weighted by Crippen LogP contribution is -2.48. The van der Waals surface area contributed by atoms with Gasteiger partial charge in [0.2, 0.25) is 11.8 Å². The molecule has 0 aromatic heterocycles. The molecule has 0 fully saturated rings. The quantitative estimate of drug-likeness (QED) is 0.780. The summed E-state index contributed by atoms with van der Waals surface area (Å²) in [6.45, 7) is 8.56. The van der Waals surface area contributed by atoms with Crippen molar-refractivity contribution >= 4 is 23.4 Å². The lowest BCUT2D eigenvalue weighted by atomic mass is 10.0. The fraction of sp³-hybridized carbons (Fsp3) is 0.364. The zero-order chi connectivity index (χ0) is 20.0. The Hall–Kier alpha value is -2.33. The monoisotopic (exact) mass is 386 g/mol. The van der Waals surface area contributed by atoms with Crippen LogP contribution in [-0.4, -0.2) is 29.3 Å². The van der Waals surface area contributed by atoms with Crippen LogP contribution in [0.2, 0.25) is 5.02 Å². The predicted molar refractivity (Wildman–Crippen MR) is 110 cm³/mol. The van der Waals surface area contributed by atoms with Crippen LogP contribution in [0.1, 0.15) is 36.1 Å². The number of amides is 2. The molecule has 0 saturated carbocycles. The predicted octanol–water partition coefficient (Wildman–Crippen LogP) is 4.05. The van der Waals surface area contributed by atoms with Gasteiger partial charge in [-0.05, 0) is 62.1 Å². The zero-order valence-corrected chi connectivity index (χ0v) is 17.1. The zero-order valence-electron chi connectivity index (χ0n) is 16.4. The number of carbonyl (C=O) groups excluding carboxylic acids is 2. The first-order chi connectivity index (χ1) is 12.8. The lowest BCUT2D eigenvalue weighted by Gasteiger charge is -2.29. The second-order valence-corrected chi connectivity index (χ2v) is 7.25. The minimum Gasteiger partial charge on any atom is -0.355 e. The maximum atomic E-state index is 13.1. The van der Waals surface area contributed by atoms with Gasteiger partial charge in [-0.15, -0.1) is 0 Å². The van der Waals surface area contributed by atoms with E-state index in [4.69, 9.17) is 11.6 Å². The van der Waals surface area contributed by atoms with Crippen LogP contribution in [0.25, 0.3) is 0 Å². The molecule has 2 aromatic rings. The molecule has 144 valence electrons. The Morgan fingerprint density at radius 1 is 1.07 bits per heavy atom. The fourth-order valence-corrected chi connectivity index (χ4v) is 3.14. The number of halogens is 1. The SMILES string of the molecule is CCNC(=O)[C@H](C)N(Cc1cccc(Cl)c1)C(=O)Cc1ccc(C)c(C)c1. The van der Waals surface area contributed by atoms with Gasteiger partial charge in [0.15, 0.2) is 0 Å². The van der Waals surface area contributed by atoms with Gasteiger partial charge in [-0.3, -0.25) is 9.59 Å². The van der Waals surface area contributed by atoms with Crippen LogP contribution in [0.3, 0.4) is 0 Å². The van der Waals surface area contributed by atoms with Crippen LogP contribution in [0.5, 0.6) is 0 Å². The van der Waals surface area contributed by atoms with Crippen LogP contribution < -0.4 is 5.32 Å². The van der Waals surface area contributed by atoms with E-state index in [9.17, 15) is 9.59 Å². The average Bonchev–Trinajstić information content (AvgIpc) is 2.62. The minimum atomic E-state index is -0.567. The molecular weight excluding hydrogens is 360 g/mol. The minimum absolute atomic E-state index is 0.0861. The molecule has 0 aliphatic rings. The third-order valence-corrected chi connectivity index (χ3v) is 4.92. The Morgan fingerprint density at radius 3 is 2.44 bits per heavy atom. The van der Waals surface area contributed by atoms with E-state index in [1.165, 1.54) is 5.56 Å². The van der Waals surface area contributed by atoms with Gasteiger partial charge in [-0.25, -0.2) is 0 Å². The van der Waals surface area contributed by atoms with Gasteiger partial charge < -0.3 is 10.2 Å². The molecule has 0 spiro atoms. The molecule has 2 rings (SSSR count). The highest BCUT2D eigenvalue weighted by molar-refractivity contribution is 6.30. The van der Waals surface area contributed by atoms with Crippen molar-refractivity contribution in [3.8, 4) is 0 Å². The maximum Gasteiger partial charge on any atom is 0.242 e. The molecule has 5 heteroatoms. The van der Waals surface area contributed by atoms with Crippen LogP contribution in [-0.2, 0) is 22.6 Å². The molecule has 0 aliphatic carbocycles. The number of carbonyl (C=O) groups is 2. The van der Waals surface area contributed by atoms with Crippen LogP contribution in [0, 0.1) is 13.8 Å². The topological polar surface area (TPSA) is 49.4 Å². The summed E-state index contributed by atoms with van der Waals surface area (Å²) in [6, 6.07) is 12.8. The number of hydrogen-bond donors (Lipinski definition) is 1. The van der Waals surface area contributed by atoms with Gasteiger partial charge in [-0.2, -0.15) is 0 Å². The van der Waals surface area contributed by atoms with Gasteiger partial charge in [0, 0.05) is 18.1 Å². The third kappa shape index (κ3) is 5.83. The molecule has 1 atom stereocenters. The third-order valence-electron chi connectivity index (χ3n) is 4.69. The number of benzene rings is 2. The number of likely N-dealkylation sites (N-methyl/N-ethyl adjacent to an activating group) is 1. The smallest absolute Gasteiger partial charge is 0.242 e. The van der Waals surface area contributed by atoms with Gasteiger partial charge in [0.05, 0.1) is 6.42 Å². The Kier molecular flexibility index (Phi) is 7.43. The van der Waals surface area contributed by atoms with Gasteiger partial charge in [0.25, 0.3) is 0 Å². The molecule has 0 radical (unpaired) electrons. The van der Waals surface area contributed by atoms with E-state index < -0.39 is 6.04 Å². The Morgan fingerprint density at radius 2 is 1.81 bits per heavy atom. The van der Waals surface area contributed by atoms with Crippen molar-refractivity contribution in [3.63, 3.8) is 0 Å². The second-order valence-electron chi connectivity index (χ2n) is 6.82. The summed E-state index contributed by atoms with van der Waals surface area (Å²) in [5, 5.41) is 3.41. The summed E-state index contributed by atoms with van der Waals surface area (Å²) < 4.78 is 0. The van der Waals surface area contributed by atoms with E-state index in [0.717, 1.165) is 16.7 Å². The number of hydrogen-bond acceptors (Lipinski definition) is 2. The summed E-state index contributed by atoms with van der Waals surface area (Å²) in [5.41, 5.74) is 4.19. The van der Waals surface area contributed by atoms with Gasteiger partial charge in [-0.1, -0.05) is 41.9 Å². The van der Waals surface area contributed by atoms with Crippen LogP contribution >= 0.6 is 11.6 Å². The first kappa shape index (κ1) is 21.0. The van der Waals surface area contributed by atoms with Gasteiger partial charge in [0.1, 0.15) is 6.04 Å². The van der Waals surface area contributed by atoms with E-state index in [1.807, 2.05) is 57.2 Å². The van der Waals surface area contributed by atoms with Crippen molar-refractivity contribution < 1.29 is 9.59 Å². The van der Waals surface area contributed by atoms with Crippen molar-refractivity contribution in [1.82, 2.24) is 10.2 Å². The highest BCUT2D eigenvalue weighted by Crippen LogP contribution is 2.17. The summed E-state index contributed by atoms with van der Waals surface area (Å²) in [7, 11) is 0. The van der Waals surface area contributed by atoms with Crippen molar-refractivity contribution in [3.05, 3.63) is 69.7 Å². The molecule has 2 amide bonds. The molecule has 4 nitrogen and oxygen atoms in total. The van der Waals surface area contributed by atoms with Crippen LogP contribution in [0.15, 0.2) is 42.5 Å². The Balaban J connectivity index is 2.25. The molecule has 2 aromatic carbocycles. The molecule has 1 N–H and O–H groups in total. The first-order valence-electron chi connectivity index (χ1n) is 9.19. The van der Waals surface area contributed by atoms with E-state index in [2.05, 4.69) is 5.32 Å². The molecule has 27 heavy (non-hydrogen) atoms. The van der Waals surface area contributed by atoms with E-state index in [0.29, 0.717) is 18.1 Å². The van der Waals surface area contributed by atoms with Crippen molar-refractivity contribution in [2.75, 3.05) is 6.54 Å². The summed E-state index contributed by atoms with van der Waals surface area (Å²) >= 11 is 6.08. The van der Waals surface area contributed by atoms with E-state index in [-0.39, 0.29) is 18.2 Å². The first-order valence-corrected chi connectivity index (χ1v) is 9.57. The summed E-state index contributed by atoms with van der Waals surface area (Å²) in [5.74, 6) is -0.245. The fourth-order valence-electron chi connectivity index (χ4n) is 2.93. The van der Waals surface area contributed by atoms with Crippen molar-refractivity contribution in [2.45, 2.75) is 46.7 Å². The summed E-state index contributed by atoms with van der Waals surface area (Å²) in [6.07, 6.45) is 0.255. The van der Waals surface area contributed by atoms with E-state index in [1.54, 1.807) is 17.9 Å². The Labute approximate surface area is 166 Å². The van der Waals surface area contributed by atoms with Crippen molar-refractivity contribution in [2.24, 2.45) is 0 Å². The molecule has 0 unspecified atom stereocenters. The molecule has 0 saturated heterocycles. The number of rotatable bonds is 7. The number of aryl methyl sites for hydroxylation is 2. The molecule has 0 heterocycles. The number of nitrogens with one attached hydrogen (secondary N) is 1. The Bertz CT molecular complexity index is 820. The maximum absolute atomic E-state index is 13.1. The highest BCUT2D eigenvalue weighted by Gasteiger charge is 2.26. The number of nitrogens with zero attached hydrogens (tertiary/aromatic N) is 1. The average molecular weight is 387 g/mol. The molecule has 0 aliphatic heterocycles. The second kappa shape index (κ2) is 9.56. The molecule has 0 bridgehead atoms. The highest BCUT2D eigenvalue weighted by atomic mass is 35.5. The summed E-state index contributed by atoms with van der Waals surface area (Å²) in [4.78, 5) is 27.0. The van der Waals surface area contributed by atoms with Crippen LogP contribution in [0.4, 0.5) is 0 Å².